The number of nitrogens with zero attached hydrogens (tertiary/aromatic N) is 4. The monoisotopic (exact) mass is 373 g/mol. The summed E-state index contributed by atoms with van der Waals surface area (Å²) in [5.41, 5.74) is 2.86. The smallest absolute Gasteiger partial charge is 0.230 e. The summed E-state index contributed by atoms with van der Waals surface area (Å²) in [5.74, 6) is 1.37. The summed E-state index contributed by atoms with van der Waals surface area (Å²) in [6.07, 6.45) is 3.50. The van der Waals surface area contributed by atoms with Gasteiger partial charge in [-0.25, -0.2) is 4.98 Å². The van der Waals surface area contributed by atoms with E-state index in [1.807, 2.05) is 61.5 Å². The van der Waals surface area contributed by atoms with Crippen molar-refractivity contribution < 1.29 is 4.79 Å². The van der Waals surface area contributed by atoms with Crippen molar-refractivity contribution in [2.24, 2.45) is 5.92 Å². The minimum atomic E-state index is -0.0919. The van der Waals surface area contributed by atoms with Gasteiger partial charge in [0.1, 0.15) is 5.82 Å². The fraction of sp³-hybridized carbons (Fsp3) is 0.273. The molecule has 0 bridgehead atoms. The van der Waals surface area contributed by atoms with Crippen LogP contribution in [0, 0.1) is 12.8 Å². The first kappa shape index (κ1) is 18.1. The fourth-order valence-corrected chi connectivity index (χ4v) is 3.49. The molecule has 0 saturated carbocycles. The third-order valence-corrected chi connectivity index (χ3v) is 5.09. The largest absolute Gasteiger partial charge is 0.354 e. The molecule has 1 aromatic carbocycles. The first-order chi connectivity index (χ1) is 13.7. The Morgan fingerprint density at radius 2 is 1.93 bits per heavy atom. The minimum absolute atomic E-state index is 0.0142. The van der Waals surface area contributed by atoms with Gasteiger partial charge in [-0.2, -0.15) is 0 Å². The predicted octanol–water partition coefficient (Wildman–Crippen LogP) is 3.70. The van der Waals surface area contributed by atoms with Crippen molar-refractivity contribution in [3.05, 3.63) is 66.4 Å². The SMILES string of the molecule is Cc1cccnc1NC(=O)[C@H]1CCCN(c2ccc(-c3ccccc3)nn2)C1. The standard InChI is InChI=1S/C22H23N5O/c1-16-7-5-13-23-21(16)24-22(28)18-10-6-14-27(15-18)20-12-11-19(25-26-20)17-8-3-2-4-9-17/h2-5,7-9,11-13,18H,6,10,14-15H2,1H3,(H,23,24,28)/t18-/m0/s1. The van der Waals surface area contributed by atoms with Crippen LogP contribution in [0.5, 0.6) is 0 Å². The maximum Gasteiger partial charge on any atom is 0.230 e. The lowest BCUT2D eigenvalue weighted by Crippen LogP contribution is -2.41. The summed E-state index contributed by atoms with van der Waals surface area (Å²) in [6, 6.07) is 17.8. The van der Waals surface area contributed by atoms with Crippen LogP contribution in [0.3, 0.4) is 0 Å². The second kappa shape index (κ2) is 8.17. The van der Waals surface area contributed by atoms with E-state index in [2.05, 4.69) is 25.4 Å². The molecule has 3 aromatic rings. The lowest BCUT2D eigenvalue weighted by Gasteiger charge is -2.32. The molecule has 0 unspecified atom stereocenters. The van der Waals surface area contributed by atoms with Crippen molar-refractivity contribution in [3.8, 4) is 11.3 Å². The maximum absolute atomic E-state index is 12.7. The Morgan fingerprint density at radius 3 is 2.68 bits per heavy atom. The van der Waals surface area contributed by atoms with Crippen molar-refractivity contribution in [1.29, 1.82) is 0 Å². The average molecular weight is 373 g/mol. The van der Waals surface area contributed by atoms with Crippen molar-refractivity contribution >= 4 is 17.5 Å². The van der Waals surface area contributed by atoms with E-state index >= 15 is 0 Å². The highest BCUT2D eigenvalue weighted by Gasteiger charge is 2.27. The van der Waals surface area contributed by atoms with Gasteiger partial charge in [-0.05, 0) is 43.5 Å². The average Bonchev–Trinajstić information content (AvgIpc) is 2.76. The highest BCUT2D eigenvalue weighted by molar-refractivity contribution is 5.92. The second-order valence-corrected chi connectivity index (χ2v) is 7.09. The number of piperidine rings is 1. The zero-order chi connectivity index (χ0) is 19.3. The molecular weight excluding hydrogens is 350 g/mol. The van der Waals surface area contributed by atoms with Gasteiger partial charge in [0.25, 0.3) is 0 Å². The summed E-state index contributed by atoms with van der Waals surface area (Å²) >= 11 is 0. The molecule has 142 valence electrons. The summed E-state index contributed by atoms with van der Waals surface area (Å²) in [5, 5.41) is 11.7. The number of aromatic nitrogens is 3. The highest BCUT2D eigenvalue weighted by Crippen LogP contribution is 2.24. The van der Waals surface area contributed by atoms with Gasteiger partial charge in [0.05, 0.1) is 11.6 Å². The second-order valence-electron chi connectivity index (χ2n) is 7.09. The van der Waals surface area contributed by atoms with E-state index in [0.29, 0.717) is 12.4 Å². The van der Waals surface area contributed by atoms with Gasteiger partial charge in [-0.1, -0.05) is 36.4 Å². The van der Waals surface area contributed by atoms with E-state index in [-0.39, 0.29) is 11.8 Å². The van der Waals surface area contributed by atoms with Crippen LogP contribution < -0.4 is 10.2 Å². The molecule has 4 rings (SSSR count). The van der Waals surface area contributed by atoms with Gasteiger partial charge in [-0.3, -0.25) is 4.79 Å². The van der Waals surface area contributed by atoms with Crippen LogP contribution in [-0.2, 0) is 4.79 Å². The number of rotatable bonds is 4. The molecule has 1 N–H and O–H groups in total. The van der Waals surface area contributed by atoms with Gasteiger partial charge < -0.3 is 10.2 Å². The molecule has 1 saturated heterocycles. The quantitative estimate of drug-likeness (QED) is 0.755. The summed E-state index contributed by atoms with van der Waals surface area (Å²) < 4.78 is 0. The van der Waals surface area contributed by atoms with Gasteiger partial charge in [0.2, 0.25) is 5.91 Å². The van der Waals surface area contributed by atoms with Crippen molar-refractivity contribution in [1.82, 2.24) is 15.2 Å². The number of hydrogen-bond donors (Lipinski definition) is 1. The Labute approximate surface area is 164 Å². The van der Waals surface area contributed by atoms with Crippen LogP contribution in [0.15, 0.2) is 60.8 Å². The molecule has 6 nitrogen and oxygen atoms in total. The van der Waals surface area contributed by atoms with Crippen LogP contribution in [-0.4, -0.2) is 34.2 Å². The Morgan fingerprint density at radius 1 is 1.07 bits per heavy atom. The first-order valence-electron chi connectivity index (χ1n) is 9.57. The summed E-state index contributed by atoms with van der Waals surface area (Å²) in [7, 11) is 0. The van der Waals surface area contributed by atoms with Gasteiger partial charge in [0.15, 0.2) is 5.82 Å². The molecule has 1 amide bonds. The molecule has 6 heteroatoms. The molecule has 1 atom stereocenters. The number of aryl methyl sites for hydroxylation is 1. The number of anilines is 2. The van der Waals surface area contributed by atoms with E-state index in [1.165, 1.54) is 0 Å². The molecule has 3 heterocycles. The van der Waals surface area contributed by atoms with Crippen LogP contribution in [0.2, 0.25) is 0 Å². The Balaban J connectivity index is 1.43. The Kier molecular flexibility index (Phi) is 5.28. The van der Waals surface area contributed by atoms with Crippen LogP contribution in [0.25, 0.3) is 11.3 Å². The lowest BCUT2D eigenvalue weighted by atomic mass is 9.97. The third-order valence-electron chi connectivity index (χ3n) is 5.09. The molecule has 1 fully saturated rings. The number of carbonyl (C=O) groups is 1. The number of hydrogen-bond acceptors (Lipinski definition) is 5. The Hall–Kier alpha value is -3.28. The van der Waals surface area contributed by atoms with Crippen LogP contribution in [0.4, 0.5) is 11.6 Å². The van der Waals surface area contributed by atoms with E-state index in [4.69, 9.17) is 0 Å². The zero-order valence-corrected chi connectivity index (χ0v) is 15.9. The maximum atomic E-state index is 12.7. The van der Waals surface area contributed by atoms with Crippen molar-refractivity contribution in [2.45, 2.75) is 19.8 Å². The van der Waals surface area contributed by atoms with Crippen LogP contribution >= 0.6 is 0 Å². The zero-order valence-electron chi connectivity index (χ0n) is 15.9. The molecule has 0 spiro atoms. The lowest BCUT2D eigenvalue weighted by molar-refractivity contribution is -0.120. The third kappa shape index (κ3) is 4.01. The van der Waals surface area contributed by atoms with Crippen LogP contribution in [0.1, 0.15) is 18.4 Å². The molecule has 2 aromatic heterocycles. The summed E-state index contributed by atoms with van der Waals surface area (Å²) in [4.78, 5) is 19.1. The number of pyridine rings is 1. The molecule has 1 aliphatic rings. The predicted molar refractivity (Wildman–Crippen MR) is 110 cm³/mol. The number of nitrogens with one attached hydrogen (secondary N) is 1. The topological polar surface area (TPSA) is 71.0 Å². The Bertz CT molecular complexity index is 943. The molecule has 1 aliphatic heterocycles. The van der Waals surface area contributed by atoms with Gasteiger partial charge in [-0.15, -0.1) is 10.2 Å². The molecular formula is C22H23N5O. The van der Waals surface area contributed by atoms with E-state index in [0.717, 1.165) is 42.0 Å². The van der Waals surface area contributed by atoms with E-state index in [1.54, 1.807) is 6.20 Å². The van der Waals surface area contributed by atoms with Crippen molar-refractivity contribution in [2.75, 3.05) is 23.3 Å². The van der Waals surface area contributed by atoms with Gasteiger partial charge in [0, 0.05) is 24.8 Å². The number of amides is 1. The van der Waals surface area contributed by atoms with E-state index in [9.17, 15) is 4.79 Å². The molecule has 0 radical (unpaired) electrons. The fourth-order valence-electron chi connectivity index (χ4n) is 3.49. The highest BCUT2D eigenvalue weighted by atomic mass is 16.2. The molecule has 28 heavy (non-hydrogen) atoms. The number of benzene rings is 1. The first-order valence-corrected chi connectivity index (χ1v) is 9.57. The van der Waals surface area contributed by atoms with E-state index < -0.39 is 0 Å². The normalized spacial score (nSPS) is 16.6. The number of carbonyl (C=O) groups excluding carboxylic acids is 1. The minimum Gasteiger partial charge on any atom is -0.354 e. The van der Waals surface area contributed by atoms with Crippen molar-refractivity contribution in [3.63, 3.8) is 0 Å². The molecule has 0 aliphatic carbocycles. The van der Waals surface area contributed by atoms with Gasteiger partial charge >= 0.3 is 0 Å². The summed E-state index contributed by atoms with van der Waals surface area (Å²) in [6.45, 7) is 3.46.